The number of nitrogens with zero attached hydrogens (tertiary/aromatic N) is 2. The van der Waals surface area contributed by atoms with Crippen molar-refractivity contribution in [2.45, 2.75) is 32.1 Å². The minimum Gasteiger partial charge on any atom is -0.496 e. The number of hydrogen-bond acceptors (Lipinski definition) is 4. The number of ether oxygens (including phenoxy) is 1. The number of carbonyl (C=O) groups is 2. The molecule has 4 rings (SSSR count). The van der Waals surface area contributed by atoms with Crippen LogP contribution in [0, 0.1) is 5.92 Å². The third-order valence-corrected chi connectivity index (χ3v) is 6.03. The second-order valence-electron chi connectivity index (χ2n) is 8.25. The van der Waals surface area contributed by atoms with Gasteiger partial charge in [0.2, 0.25) is 5.91 Å². The number of aromatic nitrogens is 2. The van der Waals surface area contributed by atoms with Gasteiger partial charge < -0.3 is 15.4 Å². The maximum Gasteiger partial charge on any atom is 0.255 e. The van der Waals surface area contributed by atoms with Gasteiger partial charge in [-0.25, -0.2) is 4.68 Å². The topological polar surface area (TPSA) is 85.2 Å². The molecule has 0 saturated heterocycles. The number of methoxy groups -OCH3 is 1. The molecule has 3 aromatic rings. The number of hydrogen-bond donors (Lipinski definition) is 2. The van der Waals surface area contributed by atoms with Gasteiger partial charge in [-0.3, -0.25) is 9.59 Å². The first-order valence-electron chi connectivity index (χ1n) is 11.5. The Bertz CT molecular complexity index is 1090. The van der Waals surface area contributed by atoms with Crippen LogP contribution in [0.15, 0.2) is 60.8 Å². The number of rotatable bonds is 8. The molecular formula is C26H30N4O3. The van der Waals surface area contributed by atoms with Gasteiger partial charge in [-0.2, -0.15) is 5.10 Å². The summed E-state index contributed by atoms with van der Waals surface area (Å²) in [6.07, 6.45) is 7.09. The monoisotopic (exact) mass is 446 g/mol. The Morgan fingerprint density at radius 2 is 1.67 bits per heavy atom. The highest BCUT2D eigenvalue weighted by molar-refractivity contribution is 6.00. The van der Waals surface area contributed by atoms with Crippen molar-refractivity contribution in [3.8, 4) is 22.7 Å². The molecule has 0 unspecified atom stereocenters. The summed E-state index contributed by atoms with van der Waals surface area (Å²) < 4.78 is 7.20. The van der Waals surface area contributed by atoms with Crippen molar-refractivity contribution < 1.29 is 14.3 Å². The van der Waals surface area contributed by atoms with E-state index in [1.54, 1.807) is 18.0 Å². The molecule has 1 saturated carbocycles. The van der Waals surface area contributed by atoms with Crippen LogP contribution in [0.1, 0.15) is 42.5 Å². The van der Waals surface area contributed by atoms with E-state index < -0.39 is 0 Å². The van der Waals surface area contributed by atoms with Gasteiger partial charge in [0.15, 0.2) is 0 Å². The summed E-state index contributed by atoms with van der Waals surface area (Å²) >= 11 is 0. The van der Waals surface area contributed by atoms with Gasteiger partial charge in [-0.05, 0) is 37.1 Å². The Morgan fingerprint density at radius 1 is 0.970 bits per heavy atom. The number of amides is 2. The third kappa shape index (κ3) is 5.42. The first kappa shape index (κ1) is 22.6. The normalized spacial score (nSPS) is 14.0. The van der Waals surface area contributed by atoms with Crippen molar-refractivity contribution in [2.75, 3.05) is 20.2 Å². The Kier molecular flexibility index (Phi) is 7.40. The predicted octanol–water partition coefficient (Wildman–Crippen LogP) is 3.97. The van der Waals surface area contributed by atoms with Gasteiger partial charge >= 0.3 is 0 Å². The first-order valence-corrected chi connectivity index (χ1v) is 11.5. The summed E-state index contributed by atoms with van der Waals surface area (Å²) in [5.74, 6) is 0.598. The molecule has 1 fully saturated rings. The lowest BCUT2D eigenvalue weighted by atomic mass is 9.89. The summed E-state index contributed by atoms with van der Waals surface area (Å²) in [4.78, 5) is 25.4. The molecule has 7 heteroatoms. The lowest BCUT2D eigenvalue weighted by Gasteiger charge is -2.20. The molecule has 172 valence electrons. The fourth-order valence-electron chi connectivity index (χ4n) is 4.26. The molecule has 2 N–H and O–H groups in total. The fraction of sp³-hybridized carbons (Fsp3) is 0.346. The van der Waals surface area contributed by atoms with Gasteiger partial charge in [0, 0.05) is 30.8 Å². The van der Waals surface area contributed by atoms with Crippen LogP contribution < -0.4 is 15.4 Å². The van der Waals surface area contributed by atoms with Crippen LogP contribution in [-0.4, -0.2) is 41.8 Å². The van der Waals surface area contributed by atoms with Crippen molar-refractivity contribution in [3.63, 3.8) is 0 Å². The van der Waals surface area contributed by atoms with Crippen LogP contribution in [0.3, 0.4) is 0 Å². The molecule has 33 heavy (non-hydrogen) atoms. The summed E-state index contributed by atoms with van der Waals surface area (Å²) in [7, 11) is 1.60. The maximum absolute atomic E-state index is 13.1. The van der Waals surface area contributed by atoms with Crippen LogP contribution in [-0.2, 0) is 4.79 Å². The van der Waals surface area contributed by atoms with E-state index >= 15 is 0 Å². The Balaban J connectivity index is 1.48. The van der Waals surface area contributed by atoms with E-state index in [4.69, 9.17) is 9.84 Å². The molecule has 1 aliphatic rings. The SMILES string of the molecule is COc1ccccc1-c1nn(-c2ccccc2)cc1C(=O)NCCNC(=O)C1CCCCC1. The Hall–Kier alpha value is -3.61. The lowest BCUT2D eigenvalue weighted by molar-refractivity contribution is -0.125. The minimum absolute atomic E-state index is 0.0931. The number of para-hydroxylation sites is 2. The molecule has 0 bridgehead atoms. The largest absolute Gasteiger partial charge is 0.496 e. The van der Waals surface area contributed by atoms with Gasteiger partial charge in [0.1, 0.15) is 11.4 Å². The van der Waals surface area contributed by atoms with E-state index in [0.717, 1.165) is 36.9 Å². The number of nitrogens with one attached hydrogen (secondary N) is 2. The van der Waals surface area contributed by atoms with Crippen LogP contribution in [0.5, 0.6) is 5.75 Å². The lowest BCUT2D eigenvalue weighted by Crippen LogP contribution is -2.38. The molecule has 7 nitrogen and oxygen atoms in total. The van der Waals surface area contributed by atoms with Crippen LogP contribution in [0.25, 0.3) is 16.9 Å². The molecule has 0 radical (unpaired) electrons. The van der Waals surface area contributed by atoms with Crippen molar-refractivity contribution in [1.29, 1.82) is 0 Å². The maximum atomic E-state index is 13.1. The average molecular weight is 447 g/mol. The second-order valence-corrected chi connectivity index (χ2v) is 8.25. The highest BCUT2D eigenvalue weighted by Gasteiger charge is 2.22. The zero-order valence-electron chi connectivity index (χ0n) is 18.9. The zero-order valence-corrected chi connectivity index (χ0v) is 18.9. The number of carbonyl (C=O) groups excluding carboxylic acids is 2. The van der Waals surface area contributed by atoms with Crippen molar-refractivity contribution in [2.24, 2.45) is 5.92 Å². The summed E-state index contributed by atoms with van der Waals surface area (Å²) in [6, 6.07) is 17.2. The zero-order chi connectivity index (χ0) is 23.0. The predicted molar refractivity (Wildman–Crippen MR) is 127 cm³/mol. The molecule has 0 atom stereocenters. The molecule has 0 aliphatic heterocycles. The fourth-order valence-corrected chi connectivity index (χ4v) is 4.26. The molecule has 1 heterocycles. The molecule has 1 aromatic heterocycles. The van der Waals surface area contributed by atoms with E-state index in [2.05, 4.69) is 10.6 Å². The summed E-state index contributed by atoms with van der Waals surface area (Å²) in [6.45, 7) is 0.747. The van der Waals surface area contributed by atoms with E-state index in [1.165, 1.54) is 6.42 Å². The molecule has 2 aromatic carbocycles. The van der Waals surface area contributed by atoms with Crippen molar-refractivity contribution in [3.05, 3.63) is 66.4 Å². The van der Waals surface area contributed by atoms with Gasteiger partial charge in [-0.15, -0.1) is 0 Å². The minimum atomic E-state index is -0.245. The second kappa shape index (κ2) is 10.8. The highest BCUT2D eigenvalue weighted by atomic mass is 16.5. The molecular weight excluding hydrogens is 416 g/mol. The Labute approximate surface area is 194 Å². The standard InChI is InChI=1S/C26H30N4O3/c1-33-23-15-9-8-14-21(23)24-22(18-30(29-24)20-12-6-3-7-13-20)26(32)28-17-16-27-25(31)19-10-4-2-5-11-19/h3,6-9,12-15,18-19H,2,4-5,10-11,16-17H2,1H3,(H,27,31)(H,28,32). The molecule has 0 spiro atoms. The van der Waals surface area contributed by atoms with E-state index in [9.17, 15) is 9.59 Å². The van der Waals surface area contributed by atoms with Gasteiger partial charge in [0.25, 0.3) is 5.91 Å². The van der Waals surface area contributed by atoms with Crippen LogP contribution >= 0.6 is 0 Å². The van der Waals surface area contributed by atoms with E-state index in [1.807, 2.05) is 54.6 Å². The summed E-state index contributed by atoms with van der Waals surface area (Å²) in [5.41, 5.74) is 2.58. The van der Waals surface area contributed by atoms with Crippen LogP contribution in [0.4, 0.5) is 0 Å². The van der Waals surface area contributed by atoms with E-state index in [0.29, 0.717) is 30.1 Å². The van der Waals surface area contributed by atoms with Gasteiger partial charge in [0.05, 0.1) is 18.4 Å². The van der Waals surface area contributed by atoms with E-state index in [-0.39, 0.29) is 17.7 Å². The number of benzene rings is 2. The van der Waals surface area contributed by atoms with Gasteiger partial charge in [-0.1, -0.05) is 49.6 Å². The van der Waals surface area contributed by atoms with Crippen molar-refractivity contribution >= 4 is 11.8 Å². The summed E-state index contributed by atoms with van der Waals surface area (Å²) in [5, 5.41) is 10.6. The third-order valence-electron chi connectivity index (χ3n) is 6.03. The average Bonchev–Trinajstić information content (AvgIpc) is 3.33. The highest BCUT2D eigenvalue weighted by Crippen LogP contribution is 2.31. The Morgan fingerprint density at radius 3 is 2.42 bits per heavy atom. The smallest absolute Gasteiger partial charge is 0.255 e. The van der Waals surface area contributed by atoms with Crippen molar-refractivity contribution in [1.82, 2.24) is 20.4 Å². The first-order chi connectivity index (χ1) is 16.2. The molecule has 1 aliphatic carbocycles. The quantitative estimate of drug-likeness (QED) is 0.513. The van der Waals surface area contributed by atoms with Crippen LogP contribution in [0.2, 0.25) is 0 Å². The molecule has 2 amide bonds.